The Kier molecular flexibility index (Phi) is 4.65. The van der Waals surface area contributed by atoms with Crippen LogP contribution in [-0.4, -0.2) is 45.7 Å². The Morgan fingerprint density at radius 1 is 1.25 bits per heavy atom. The zero-order valence-electron chi connectivity index (χ0n) is 6.73. The minimum Gasteiger partial charge on any atom is -0.394 e. The van der Waals surface area contributed by atoms with Gasteiger partial charge >= 0.3 is 0 Å². The molecule has 3 N–H and O–H groups in total. The third-order valence-corrected chi connectivity index (χ3v) is 1.42. The highest BCUT2D eigenvalue weighted by Crippen LogP contribution is 1.99. The van der Waals surface area contributed by atoms with E-state index in [0.717, 1.165) is 6.92 Å². The van der Waals surface area contributed by atoms with Crippen molar-refractivity contribution >= 4 is 11.6 Å². The fourth-order valence-corrected chi connectivity index (χ4v) is 0.591. The van der Waals surface area contributed by atoms with E-state index in [4.69, 9.17) is 15.3 Å². The molecule has 0 bridgehead atoms. The fraction of sp³-hybridized carbons (Fsp3) is 0.714. The fourth-order valence-electron chi connectivity index (χ4n) is 0.591. The summed E-state index contributed by atoms with van der Waals surface area (Å²) in [6.45, 7) is 0.451. The maximum atomic E-state index is 10.7. The first kappa shape index (κ1) is 11.2. The zero-order valence-corrected chi connectivity index (χ0v) is 6.73. The summed E-state index contributed by atoms with van der Waals surface area (Å²) in [4.78, 5) is 21.1. The molecule has 0 rings (SSSR count). The molecule has 1 unspecified atom stereocenters. The second kappa shape index (κ2) is 4.97. The molecular weight excluding hydrogens is 164 g/mol. The lowest BCUT2D eigenvalue weighted by atomic mass is 10.1. The number of carbonyl (C=O) groups excluding carboxylic acids is 2. The number of ketones is 2. The molecule has 0 aliphatic rings. The number of aliphatic hydroxyl groups is 3. The molecule has 0 saturated carbocycles. The molecule has 2 atom stereocenters. The number of rotatable bonds is 5. The largest absolute Gasteiger partial charge is 0.394 e. The smallest absolute Gasteiger partial charge is 0.200 e. The number of Topliss-reactive ketones (excluding diaryl/α,β-unsaturated/α-hetero) is 2. The average Bonchev–Trinajstić information content (AvgIpc) is 2.02. The Morgan fingerprint density at radius 2 is 1.75 bits per heavy atom. The molecule has 0 aromatic rings. The molecule has 0 amide bonds. The van der Waals surface area contributed by atoms with E-state index >= 15 is 0 Å². The molecule has 0 aliphatic heterocycles. The number of hydrogen-bond donors (Lipinski definition) is 3. The predicted octanol–water partition coefficient (Wildman–Crippen LogP) is -1.75. The van der Waals surface area contributed by atoms with Gasteiger partial charge in [0.05, 0.1) is 12.7 Å². The Morgan fingerprint density at radius 3 is 2.08 bits per heavy atom. The third-order valence-electron chi connectivity index (χ3n) is 1.42. The minimum atomic E-state index is -1.37. The Hall–Kier alpha value is -0.780. The number of carbonyl (C=O) groups is 2. The third kappa shape index (κ3) is 3.56. The molecule has 0 aromatic carbocycles. The van der Waals surface area contributed by atoms with Crippen LogP contribution in [0.15, 0.2) is 0 Å². The normalized spacial score (nSPS) is 15.3. The maximum Gasteiger partial charge on any atom is 0.200 e. The molecule has 0 saturated heterocycles. The quantitative estimate of drug-likeness (QED) is 0.432. The molecule has 0 radical (unpaired) electrons. The predicted molar refractivity (Wildman–Crippen MR) is 39.4 cm³/mol. The van der Waals surface area contributed by atoms with Crippen molar-refractivity contribution in [2.75, 3.05) is 6.61 Å². The molecule has 0 aromatic heterocycles. The molecule has 0 fully saturated rings. The lowest BCUT2D eigenvalue weighted by molar-refractivity contribution is -0.137. The van der Waals surface area contributed by atoms with Gasteiger partial charge in [0.1, 0.15) is 6.10 Å². The Bertz CT molecular complexity index is 177. The van der Waals surface area contributed by atoms with E-state index in [9.17, 15) is 9.59 Å². The first-order valence-corrected chi connectivity index (χ1v) is 3.49. The van der Waals surface area contributed by atoms with Crippen LogP contribution in [0.3, 0.4) is 0 Å². The van der Waals surface area contributed by atoms with Gasteiger partial charge in [-0.1, -0.05) is 0 Å². The van der Waals surface area contributed by atoms with Gasteiger partial charge in [-0.25, -0.2) is 0 Å². The monoisotopic (exact) mass is 176 g/mol. The summed E-state index contributed by atoms with van der Waals surface area (Å²) in [5.41, 5.74) is 0. The van der Waals surface area contributed by atoms with Gasteiger partial charge in [-0.2, -0.15) is 0 Å². The number of hydrogen-bond acceptors (Lipinski definition) is 5. The van der Waals surface area contributed by atoms with Gasteiger partial charge in [0.2, 0.25) is 5.78 Å². The van der Waals surface area contributed by atoms with Crippen molar-refractivity contribution in [3.8, 4) is 0 Å². The van der Waals surface area contributed by atoms with E-state index in [1.54, 1.807) is 0 Å². The van der Waals surface area contributed by atoms with Crippen LogP contribution < -0.4 is 0 Å². The highest BCUT2D eigenvalue weighted by molar-refractivity contribution is 6.36. The molecule has 12 heavy (non-hydrogen) atoms. The van der Waals surface area contributed by atoms with Crippen LogP contribution in [0.25, 0.3) is 0 Å². The topological polar surface area (TPSA) is 94.8 Å². The van der Waals surface area contributed by atoms with Crippen LogP contribution >= 0.6 is 0 Å². The summed E-state index contributed by atoms with van der Waals surface area (Å²) in [6.07, 6.45) is -3.18. The Labute approximate surface area is 69.6 Å². The van der Waals surface area contributed by atoms with E-state index < -0.39 is 36.8 Å². The highest BCUT2D eigenvalue weighted by Gasteiger charge is 2.20. The van der Waals surface area contributed by atoms with Crippen LogP contribution in [-0.2, 0) is 9.59 Å². The van der Waals surface area contributed by atoms with Gasteiger partial charge in [-0.15, -0.1) is 0 Å². The lowest BCUT2D eigenvalue weighted by Gasteiger charge is -2.13. The maximum absolute atomic E-state index is 10.7. The standard InChI is InChI=1S/C7H12O5/c1-4(9)5(10)2-6(11)7(12)3-8/h6-8,11-12H,2-3H2,1H3/t6?,7-/m1/s1. The summed E-state index contributed by atoms with van der Waals surface area (Å²) in [5.74, 6) is -1.42. The first-order chi connectivity index (χ1) is 5.49. The van der Waals surface area contributed by atoms with Gasteiger partial charge in [0, 0.05) is 13.3 Å². The van der Waals surface area contributed by atoms with Crippen molar-refractivity contribution in [2.24, 2.45) is 0 Å². The first-order valence-electron chi connectivity index (χ1n) is 3.49. The van der Waals surface area contributed by atoms with Gasteiger partial charge in [0.15, 0.2) is 5.78 Å². The Balaban J connectivity index is 3.92. The van der Waals surface area contributed by atoms with Gasteiger partial charge < -0.3 is 15.3 Å². The average molecular weight is 176 g/mol. The SMILES string of the molecule is CC(=O)C(=O)CC(O)[C@H](O)CO. The van der Waals surface area contributed by atoms with E-state index in [1.165, 1.54) is 0 Å². The second-order valence-electron chi connectivity index (χ2n) is 2.50. The summed E-state index contributed by atoms with van der Waals surface area (Å²) in [6, 6.07) is 0. The van der Waals surface area contributed by atoms with E-state index in [1.807, 2.05) is 0 Å². The highest BCUT2D eigenvalue weighted by atomic mass is 16.4. The molecule has 0 heterocycles. The van der Waals surface area contributed by atoms with Crippen LogP contribution in [0.4, 0.5) is 0 Å². The molecule has 0 aliphatic carbocycles. The molecule has 0 spiro atoms. The zero-order chi connectivity index (χ0) is 9.72. The lowest BCUT2D eigenvalue weighted by Crippen LogP contribution is -2.32. The van der Waals surface area contributed by atoms with Gasteiger partial charge in [0.25, 0.3) is 0 Å². The molecule has 5 heteroatoms. The van der Waals surface area contributed by atoms with Crippen LogP contribution in [0.2, 0.25) is 0 Å². The summed E-state index contributed by atoms with van der Waals surface area (Å²) in [5, 5.41) is 26.1. The van der Waals surface area contributed by atoms with Crippen molar-refractivity contribution in [1.82, 2.24) is 0 Å². The summed E-state index contributed by atoms with van der Waals surface area (Å²) in [7, 11) is 0. The summed E-state index contributed by atoms with van der Waals surface area (Å²) < 4.78 is 0. The van der Waals surface area contributed by atoms with Crippen molar-refractivity contribution in [1.29, 1.82) is 0 Å². The van der Waals surface area contributed by atoms with Gasteiger partial charge in [-0.05, 0) is 0 Å². The number of aliphatic hydroxyl groups excluding tert-OH is 3. The minimum absolute atomic E-state index is 0.447. The molecular formula is C7H12O5. The van der Waals surface area contributed by atoms with Crippen molar-refractivity contribution in [3.63, 3.8) is 0 Å². The van der Waals surface area contributed by atoms with E-state index in [-0.39, 0.29) is 0 Å². The van der Waals surface area contributed by atoms with Crippen molar-refractivity contribution in [3.05, 3.63) is 0 Å². The summed E-state index contributed by atoms with van der Waals surface area (Å²) >= 11 is 0. The second-order valence-corrected chi connectivity index (χ2v) is 2.50. The van der Waals surface area contributed by atoms with E-state index in [0.29, 0.717) is 0 Å². The van der Waals surface area contributed by atoms with Gasteiger partial charge in [-0.3, -0.25) is 9.59 Å². The van der Waals surface area contributed by atoms with Crippen molar-refractivity contribution in [2.45, 2.75) is 25.6 Å². The molecule has 70 valence electrons. The van der Waals surface area contributed by atoms with Crippen LogP contribution in [0.1, 0.15) is 13.3 Å². The molecule has 5 nitrogen and oxygen atoms in total. The van der Waals surface area contributed by atoms with Crippen LogP contribution in [0, 0.1) is 0 Å². The van der Waals surface area contributed by atoms with Crippen LogP contribution in [0.5, 0.6) is 0 Å². The van der Waals surface area contributed by atoms with Crippen molar-refractivity contribution < 1.29 is 24.9 Å². The van der Waals surface area contributed by atoms with E-state index in [2.05, 4.69) is 0 Å².